The van der Waals surface area contributed by atoms with Crippen molar-refractivity contribution in [1.82, 2.24) is 9.88 Å². The highest BCUT2D eigenvalue weighted by molar-refractivity contribution is 5.98. The zero-order valence-electron chi connectivity index (χ0n) is 13.0. The molecular formula is C18H20FN3O. The minimum Gasteiger partial charge on any atom is -0.365 e. The van der Waals surface area contributed by atoms with Crippen molar-refractivity contribution in [2.45, 2.75) is 25.8 Å². The Morgan fingerprint density at radius 3 is 2.61 bits per heavy atom. The van der Waals surface area contributed by atoms with Crippen LogP contribution >= 0.6 is 0 Å². The van der Waals surface area contributed by atoms with E-state index in [2.05, 4.69) is 10.3 Å². The number of piperidine rings is 1. The molecule has 1 N–H and O–H groups in total. The number of hydrogen-bond acceptors (Lipinski definition) is 3. The highest BCUT2D eigenvalue weighted by atomic mass is 19.1. The smallest absolute Gasteiger partial charge is 0.257 e. The zero-order valence-corrected chi connectivity index (χ0v) is 13.0. The summed E-state index contributed by atoms with van der Waals surface area (Å²) in [6, 6.07) is 9.87. The highest BCUT2D eigenvalue weighted by Crippen LogP contribution is 2.18. The Kier molecular flexibility index (Phi) is 4.86. The van der Waals surface area contributed by atoms with Crippen LogP contribution in [0.1, 0.15) is 35.2 Å². The van der Waals surface area contributed by atoms with Crippen molar-refractivity contribution in [3.63, 3.8) is 0 Å². The average Bonchev–Trinajstić information content (AvgIpc) is 2.62. The molecule has 120 valence electrons. The van der Waals surface area contributed by atoms with Crippen LogP contribution in [0.4, 0.5) is 10.2 Å². The van der Waals surface area contributed by atoms with Gasteiger partial charge in [0.1, 0.15) is 11.6 Å². The molecule has 23 heavy (non-hydrogen) atoms. The minimum atomic E-state index is -0.257. The number of nitrogens with zero attached hydrogens (tertiary/aromatic N) is 2. The molecule has 1 fully saturated rings. The first-order valence-corrected chi connectivity index (χ1v) is 7.96. The number of pyridine rings is 1. The molecule has 2 heterocycles. The van der Waals surface area contributed by atoms with E-state index in [0.29, 0.717) is 17.9 Å². The van der Waals surface area contributed by atoms with Crippen LogP contribution < -0.4 is 5.32 Å². The zero-order chi connectivity index (χ0) is 16.1. The molecule has 0 radical (unpaired) electrons. The van der Waals surface area contributed by atoms with Crippen molar-refractivity contribution >= 4 is 11.7 Å². The second-order valence-corrected chi connectivity index (χ2v) is 5.73. The Morgan fingerprint density at radius 1 is 1.13 bits per heavy atom. The van der Waals surface area contributed by atoms with E-state index in [4.69, 9.17) is 0 Å². The number of hydrogen-bond donors (Lipinski definition) is 1. The number of carbonyl (C=O) groups excluding carboxylic acids is 1. The molecule has 1 amide bonds. The lowest BCUT2D eigenvalue weighted by Gasteiger charge is -2.27. The molecule has 2 aromatic rings. The lowest BCUT2D eigenvalue weighted by molar-refractivity contribution is 0.0725. The maximum atomic E-state index is 12.9. The molecule has 1 aliphatic heterocycles. The normalized spacial score (nSPS) is 14.6. The summed E-state index contributed by atoms with van der Waals surface area (Å²) in [6.45, 7) is 2.12. The molecule has 0 spiro atoms. The molecule has 1 aromatic carbocycles. The monoisotopic (exact) mass is 313 g/mol. The highest BCUT2D eigenvalue weighted by Gasteiger charge is 2.21. The van der Waals surface area contributed by atoms with Crippen LogP contribution in [0.3, 0.4) is 0 Å². The Labute approximate surface area is 135 Å². The van der Waals surface area contributed by atoms with E-state index in [9.17, 15) is 9.18 Å². The van der Waals surface area contributed by atoms with Crippen molar-refractivity contribution in [3.05, 3.63) is 59.5 Å². The topological polar surface area (TPSA) is 45.2 Å². The molecule has 0 aliphatic carbocycles. The quantitative estimate of drug-likeness (QED) is 0.940. The van der Waals surface area contributed by atoms with Crippen LogP contribution in [0.5, 0.6) is 0 Å². The first-order valence-electron chi connectivity index (χ1n) is 7.96. The van der Waals surface area contributed by atoms with E-state index in [1.807, 2.05) is 4.90 Å². The summed E-state index contributed by atoms with van der Waals surface area (Å²) in [6.07, 6.45) is 4.97. The number of halogens is 1. The van der Waals surface area contributed by atoms with Gasteiger partial charge in [-0.15, -0.1) is 0 Å². The van der Waals surface area contributed by atoms with Crippen molar-refractivity contribution < 1.29 is 9.18 Å². The molecular weight excluding hydrogens is 293 g/mol. The summed E-state index contributed by atoms with van der Waals surface area (Å²) < 4.78 is 12.9. The van der Waals surface area contributed by atoms with Crippen molar-refractivity contribution in [3.8, 4) is 0 Å². The van der Waals surface area contributed by atoms with Gasteiger partial charge in [-0.3, -0.25) is 4.79 Å². The fourth-order valence-electron chi connectivity index (χ4n) is 2.77. The number of nitrogens with one attached hydrogen (secondary N) is 1. The molecule has 1 saturated heterocycles. The predicted octanol–water partition coefficient (Wildman–Crippen LogP) is 3.46. The number of amides is 1. The van der Waals surface area contributed by atoms with Gasteiger partial charge in [0.25, 0.3) is 5.91 Å². The SMILES string of the molecule is O=C(c1cccnc1NCc1ccc(F)cc1)N1CCCCC1. The largest absolute Gasteiger partial charge is 0.365 e. The second kappa shape index (κ2) is 7.22. The Balaban J connectivity index is 1.72. The number of benzene rings is 1. The Hall–Kier alpha value is -2.43. The van der Waals surface area contributed by atoms with Gasteiger partial charge >= 0.3 is 0 Å². The maximum Gasteiger partial charge on any atom is 0.257 e. The van der Waals surface area contributed by atoms with Gasteiger partial charge in [0.15, 0.2) is 0 Å². The van der Waals surface area contributed by atoms with Gasteiger partial charge in [-0.05, 0) is 49.1 Å². The molecule has 0 unspecified atom stereocenters. The van der Waals surface area contributed by atoms with E-state index >= 15 is 0 Å². The van der Waals surface area contributed by atoms with Crippen LogP contribution in [-0.2, 0) is 6.54 Å². The van der Waals surface area contributed by atoms with Gasteiger partial charge < -0.3 is 10.2 Å². The molecule has 1 aromatic heterocycles. The third-order valence-corrected chi connectivity index (χ3v) is 4.05. The fourth-order valence-corrected chi connectivity index (χ4v) is 2.77. The van der Waals surface area contributed by atoms with Gasteiger partial charge in [-0.2, -0.15) is 0 Å². The third kappa shape index (κ3) is 3.86. The van der Waals surface area contributed by atoms with Crippen molar-refractivity contribution in [1.29, 1.82) is 0 Å². The van der Waals surface area contributed by atoms with Crippen LogP contribution in [0, 0.1) is 5.82 Å². The third-order valence-electron chi connectivity index (χ3n) is 4.05. The predicted molar refractivity (Wildman–Crippen MR) is 87.7 cm³/mol. The molecule has 0 bridgehead atoms. The van der Waals surface area contributed by atoms with Crippen LogP contribution in [0.25, 0.3) is 0 Å². The number of likely N-dealkylation sites (tertiary alicyclic amines) is 1. The minimum absolute atomic E-state index is 0.0272. The summed E-state index contributed by atoms with van der Waals surface area (Å²) in [5, 5.41) is 3.19. The number of carbonyl (C=O) groups is 1. The van der Waals surface area contributed by atoms with Crippen molar-refractivity contribution in [2.24, 2.45) is 0 Å². The van der Waals surface area contributed by atoms with Gasteiger partial charge in [0.2, 0.25) is 0 Å². The lowest BCUT2D eigenvalue weighted by atomic mass is 10.1. The summed E-state index contributed by atoms with van der Waals surface area (Å²) >= 11 is 0. The molecule has 0 saturated carbocycles. The number of aromatic nitrogens is 1. The summed E-state index contributed by atoms with van der Waals surface area (Å²) in [5.74, 6) is 0.347. The molecule has 5 heteroatoms. The van der Waals surface area contributed by atoms with Crippen molar-refractivity contribution in [2.75, 3.05) is 18.4 Å². The van der Waals surface area contributed by atoms with Gasteiger partial charge in [0, 0.05) is 25.8 Å². The standard InChI is InChI=1S/C18H20FN3O/c19-15-8-6-14(7-9-15)13-21-17-16(5-4-10-20-17)18(23)22-11-2-1-3-12-22/h4-10H,1-3,11-13H2,(H,20,21). The van der Waals surface area contributed by atoms with E-state index < -0.39 is 0 Å². The second-order valence-electron chi connectivity index (χ2n) is 5.73. The van der Waals surface area contributed by atoms with Gasteiger partial charge in [-0.25, -0.2) is 9.37 Å². The van der Waals surface area contributed by atoms with Gasteiger partial charge in [0.05, 0.1) is 5.56 Å². The first kappa shape index (κ1) is 15.5. The summed E-state index contributed by atoms with van der Waals surface area (Å²) in [7, 11) is 0. The average molecular weight is 313 g/mol. The Morgan fingerprint density at radius 2 is 1.87 bits per heavy atom. The van der Waals surface area contributed by atoms with Crippen LogP contribution in [0.15, 0.2) is 42.6 Å². The van der Waals surface area contributed by atoms with E-state index in [1.54, 1.807) is 30.5 Å². The van der Waals surface area contributed by atoms with Crippen LogP contribution in [0.2, 0.25) is 0 Å². The van der Waals surface area contributed by atoms with Crippen LogP contribution in [-0.4, -0.2) is 28.9 Å². The van der Waals surface area contributed by atoms with Gasteiger partial charge in [-0.1, -0.05) is 12.1 Å². The van der Waals surface area contributed by atoms with E-state index in [1.165, 1.54) is 18.6 Å². The molecule has 3 rings (SSSR count). The fraction of sp³-hybridized carbons (Fsp3) is 0.333. The van der Waals surface area contributed by atoms with E-state index in [0.717, 1.165) is 31.5 Å². The number of anilines is 1. The summed E-state index contributed by atoms with van der Waals surface area (Å²) in [4.78, 5) is 18.9. The summed E-state index contributed by atoms with van der Waals surface area (Å²) in [5.41, 5.74) is 1.53. The number of rotatable bonds is 4. The van der Waals surface area contributed by atoms with E-state index in [-0.39, 0.29) is 11.7 Å². The lowest BCUT2D eigenvalue weighted by Crippen LogP contribution is -2.36. The first-order chi connectivity index (χ1) is 11.2. The molecule has 1 aliphatic rings. The maximum absolute atomic E-state index is 12.9. The molecule has 4 nitrogen and oxygen atoms in total. The molecule has 0 atom stereocenters. The Bertz CT molecular complexity index is 666.